The van der Waals surface area contributed by atoms with Gasteiger partial charge in [0.2, 0.25) is 0 Å². The molecular weight excluding hydrogens is 293 g/mol. The van der Waals surface area contributed by atoms with Crippen molar-refractivity contribution in [3.8, 4) is 11.5 Å². The average Bonchev–Trinajstić information content (AvgIpc) is 2.25. The van der Waals surface area contributed by atoms with Crippen LogP contribution in [-0.4, -0.2) is 13.7 Å². The van der Waals surface area contributed by atoms with E-state index in [2.05, 4.69) is 22.5 Å². The zero-order valence-corrected chi connectivity index (χ0v) is 11.3. The molecule has 88 valence electrons. The van der Waals surface area contributed by atoms with Gasteiger partial charge in [0.1, 0.15) is 6.61 Å². The number of rotatable bonds is 5. The van der Waals surface area contributed by atoms with E-state index in [1.54, 1.807) is 19.2 Å². The topological polar surface area (TPSA) is 44.5 Å². The van der Waals surface area contributed by atoms with E-state index < -0.39 is 0 Å². The van der Waals surface area contributed by atoms with E-state index in [0.717, 1.165) is 10.0 Å². The van der Waals surface area contributed by atoms with E-state index in [1.807, 2.05) is 0 Å². The largest absolute Gasteiger partial charge is 0.493 e. The molecule has 0 unspecified atom stereocenters. The fraction of sp³-hybridized carbons (Fsp3) is 0.273. The van der Waals surface area contributed by atoms with Crippen LogP contribution in [0.1, 0.15) is 5.56 Å². The summed E-state index contributed by atoms with van der Waals surface area (Å²) in [6, 6.07) is 3.45. The zero-order valence-electron chi connectivity index (χ0n) is 8.93. The minimum Gasteiger partial charge on any atom is -0.493 e. The van der Waals surface area contributed by atoms with Gasteiger partial charge in [0.05, 0.1) is 7.11 Å². The normalized spacial score (nSPS) is 10.0. The molecule has 0 saturated carbocycles. The van der Waals surface area contributed by atoms with Crippen LogP contribution in [0.2, 0.25) is 5.02 Å². The Bertz CT molecular complexity index is 371. The monoisotopic (exact) mass is 305 g/mol. The second kappa shape index (κ2) is 6.13. The van der Waals surface area contributed by atoms with Gasteiger partial charge in [-0.2, -0.15) is 0 Å². The van der Waals surface area contributed by atoms with Crippen molar-refractivity contribution >= 4 is 27.5 Å². The summed E-state index contributed by atoms with van der Waals surface area (Å²) in [4.78, 5) is 0. The first-order chi connectivity index (χ1) is 7.58. The number of ether oxygens (including phenoxy) is 2. The van der Waals surface area contributed by atoms with Crippen molar-refractivity contribution in [3.63, 3.8) is 0 Å². The molecular formula is C11H13BrClNO2. The lowest BCUT2D eigenvalue weighted by atomic mass is 10.2. The summed E-state index contributed by atoms with van der Waals surface area (Å²) in [6.07, 6.45) is 0. The third kappa shape index (κ3) is 3.40. The van der Waals surface area contributed by atoms with Gasteiger partial charge < -0.3 is 15.2 Å². The van der Waals surface area contributed by atoms with Crippen LogP contribution >= 0.6 is 27.5 Å². The highest BCUT2D eigenvalue weighted by atomic mass is 79.9. The van der Waals surface area contributed by atoms with Crippen molar-refractivity contribution < 1.29 is 9.47 Å². The molecule has 1 aromatic rings. The van der Waals surface area contributed by atoms with E-state index in [1.165, 1.54) is 0 Å². The first-order valence-electron chi connectivity index (χ1n) is 4.61. The van der Waals surface area contributed by atoms with Crippen molar-refractivity contribution in [1.82, 2.24) is 0 Å². The van der Waals surface area contributed by atoms with Crippen molar-refractivity contribution in [2.24, 2.45) is 5.73 Å². The molecule has 1 aromatic carbocycles. The van der Waals surface area contributed by atoms with Gasteiger partial charge in [0, 0.05) is 27.7 Å². The quantitative estimate of drug-likeness (QED) is 0.909. The Morgan fingerprint density at radius 1 is 1.56 bits per heavy atom. The minimum atomic E-state index is 0.334. The second-order valence-electron chi connectivity index (χ2n) is 3.11. The molecule has 1 rings (SSSR count). The molecule has 3 nitrogen and oxygen atoms in total. The Morgan fingerprint density at radius 2 is 2.25 bits per heavy atom. The number of nitrogens with two attached hydrogens (primary N) is 1. The summed E-state index contributed by atoms with van der Waals surface area (Å²) in [6.45, 7) is 4.38. The average molecular weight is 307 g/mol. The summed E-state index contributed by atoms with van der Waals surface area (Å²) < 4.78 is 11.5. The van der Waals surface area contributed by atoms with Gasteiger partial charge in [-0.15, -0.1) is 0 Å². The Balaban J connectivity index is 3.06. The van der Waals surface area contributed by atoms with Gasteiger partial charge in [-0.05, 0) is 6.07 Å². The molecule has 0 aliphatic rings. The summed E-state index contributed by atoms with van der Waals surface area (Å²) in [7, 11) is 1.56. The molecule has 5 heteroatoms. The van der Waals surface area contributed by atoms with Gasteiger partial charge in [-0.25, -0.2) is 0 Å². The van der Waals surface area contributed by atoms with Crippen molar-refractivity contribution in [3.05, 3.63) is 33.8 Å². The Hall–Kier alpha value is -0.710. The lowest BCUT2D eigenvalue weighted by Gasteiger charge is -2.14. The van der Waals surface area contributed by atoms with E-state index in [4.69, 9.17) is 26.8 Å². The summed E-state index contributed by atoms with van der Waals surface area (Å²) >= 11 is 9.15. The maximum absolute atomic E-state index is 5.92. The Kier molecular flexibility index (Phi) is 5.12. The van der Waals surface area contributed by atoms with E-state index >= 15 is 0 Å². The van der Waals surface area contributed by atoms with Crippen LogP contribution in [0.15, 0.2) is 23.2 Å². The second-order valence-corrected chi connectivity index (χ2v) is 4.66. The third-order valence-electron chi connectivity index (χ3n) is 1.91. The maximum atomic E-state index is 5.92. The van der Waals surface area contributed by atoms with E-state index in [0.29, 0.717) is 29.7 Å². The maximum Gasteiger partial charge on any atom is 0.166 e. The van der Waals surface area contributed by atoms with Crippen molar-refractivity contribution in [2.75, 3.05) is 13.7 Å². The molecule has 0 amide bonds. The molecule has 2 N–H and O–H groups in total. The predicted molar refractivity (Wildman–Crippen MR) is 69.5 cm³/mol. The van der Waals surface area contributed by atoms with Crippen LogP contribution in [0.3, 0.4) is 0 Å². The van der Waals surface area contributed by atoms with Crippen molar-refractivity contribution in [1.29, 1.82) is 0 Å². The Morgan fingerprint density at radius 3 is 2.75 bits per heavy atom. The molecule has 0 atom stereocenters. The van der Waals surface area contributed by atoms with Crippen LogP contribution in [0, 0.1) is 0 Å². The summed E-state index contributed by atoms with van der Waals surface area (Å²) in [5.41, 5.74) is 6.42. The molecule has 0 fully saturated rings. The molecule has 0 saturated heterocycles. The summed E-state index contributed by atoms with van der Waals surface area (Å²) in [5, 5.41) is 0.572. The molecule has 0 aliphatic heterocycles. The molecule has 0 bridgehead atoms. The van der Waals surface area contributed by atoms with E-state index in [-0.39, 0.29) is 0 Å². The smallest absolute Gasteiger partial charge is 0.166 e. The molecule has 0 heterocycles. The molecule has 0 aliphatic carbocycles. The fourth-order valence-corrected chi connectivity index (χ4v) is 1.59. The number of methoxy groups -OCH3 is 1. The lowest BCUT2D eigenvalue weighted by Crippen LogP contribution is -2.05. The van der Waals surface area contributed by atoms with Crippen molar-refractivity contribution in [2.45, 2.75) is 6.54 Å². The third-order valence-corrected chi connectivity index (χ3v) is 2.36. The first-order valence-corrected chi connectivity index (χ1v) is 5.78. The number of halogens is 2. The zero-order chi connectivity index (χ0) is 12.1. The number of hydrogen-bond donors (Lipinski definition) is 1. The van der Waals surface area contributed by atoms with Crippen LogP contribution in [0.25, 0.3) is 0 Å². The number of benzene rings is 1. The van der Waals surface area contributed by atoms with Gasteiger partial charge in [0.25, 0.3) is 0 Å². The number of hydrogen-bond acceptors (Lipinski definition) is 3. The lowest BCUT2D eigenvalue weighted by molar-refractivity contribution is 0.322. The highest BCUT2D eigenvalue weighted by Crippen LogP contribution is 2.34. The molecule has 0 radical (unpaired) electrons. The minimum absolute atomic E-state index is 0.334. The molecule has 16 heavy (non-hydrogen) atoms. The molecule has 0 spiro atoms. The van der Waals surface area contributed by atoms with Crippen LogP contribution < -0.4 is 15.2 Å². The highest BCUT2D eigenvalue weighted by Gasteiger charge is 2.11. The van der Waals surface area contributed by atoms with Gasteiger partial charge in [-0.3, -0.25) is 0 Å². The fourth-order valence-electron chi connectivity index (χ4n) is 1.24. The predicted octanol–water partition coefficient (Wildman–Crippen LogP) is 3.09. The van der Waals surface area contributed by atoms with Crippen LogP contribution in [-0.2, 0) is 6.54 Å². The molecule has 0 aromatic heterocycles. The van der Waals surface area contributed by atoms with Gasteiger partial charge in [0.15, 0.2) is 11.5 Å². The van der Waals surface area contributed by atoms with Crippen LogP contribution in [0.4, 0.5) is 0 Å². The first kappa shape index (κ1) is 13.4. The van der Waals surface area contributed by atoms with Gasteiger partial charge in [-0.1, -0.05) is 34.1 Å². The Labute approximate surface area is 108 Å². The van der Waals surface area contributed by atoms with Crippen LogP contribution in [0.5, 0.6) is 11.5 Å². The van der Waals surface area contributed by atoms with E-state index in [9.17, 15) is 0 Å². The highest BCUT2D eigenvalue weighted by molar-refractivity contribution is 9.11. The SMILES string of the molecule is C=C(Br)COc1c(CN)cc(Cl)cc1OC. The standard InChI is InChI=1S/C11H13BrClNO2/c1-7(12)6-16-11-8(5-14)3-9(13)4-10(11)15-2/h3-4H,1,5-6,14H2,2H3. The summed E-state index contributed by atoms with van der Waals surface area (Å²) in [5.74, 6) is 1.18. The van der Waals surface area contributed by atoms with Gasteiger partial charge >= 0.3 is 0 Å².